The van der Waals surface area contributed by atoms with Gasteiger partial charge in [-0.25, -0.2) is 31.0 Å². The quantitative estimate of drug-likeness (QED) is 0.288. The van der Waals surface area contributed by atoms with Gasteiger partial charge >= 0.3 is 5.97 Å². The molecule has 0 aliphatic heterocycles. The standard InChI is InChI=1S/C7H2F5NO4S/c8-2-1(7(14)17-13-18(15)16)3(9)5(11)6(12)4(2)10/h13H,(H,15,16). The van der Waals surface area contributed by atoms with Crippen molar-refractivity contribution >= 4 is 17.2 Å². The molecule has 11 heteroatoms. The summed E-state index contributed by atoms with van der Waals surface area (Å²) in [4.78, 5) is 15.6. The molecule has 1 rings (SSSR count). The van der Waals surface area contributed by atoms with Crippen LogP contribution in [0.15, 0.2) is 0 Å². The zero-order valence-corrected chi connectivity index (χ0v) is 8.79. The number of halogens is 5. The van der Waals surface area contributed by atoms with Gasteiger partial charge in [0, 0.05) is 0 Å². The van der Waals surface area contributed by atoms with E-state index in [1.54, 1.807) is 0 Å². The third kappa shape index (κ3) is 2.63. The minimum Gasteiger partial charge on any atom is -0.351 e. The van der Waals surface area contributed by atoms with Gasteiger partial charge in [0.05, 0.1) is 0 Å². The maximum absolute atomic E-state index is 13.0. The average Bonchev–Trinajstić information content (AvgIpc) is 2.31. The highest BCUT2D eigenvalue weighted by Crippen LogP contribution is 2.23. The van der Waals surface area contributed by atoms with E-state index in [0.717, 1.165) is 4.89 Å². The van der Waals surface area contributed by atoms with Crippen LogP contribution in [0.4, 0.5) is 22.0 Å². The van der Waals surface area contributed by atoms with E-state index in [-0.39, 0.29) is 0 Å². The van der Waals surface area contributed by atoms with Crippen molar-refractivity contribution in [1.82, 2.24) is 4.89 Å². The van der Waals surface area contributed by atoms with E-state index in [1.807, 2.05) is 0 Å². The van der Waals surface area contributed by atoms with Crippen LogP contribution in [0.3, 0.4) is 0 Å². The van der Waals surface area contributed by atoms with Crippen molar-refractivity contribution in [3.8, 4) is 0 Å². The Morgan fingerprint density at radius 3 is 1.78 bits per heavy atom. The highest BCUT2D eigenvalue weighted by Gasteiger charge is 2.31. The minimum absolute atomic E-state index is 1.06. The summed E-state index contributed by atoms with van der Waals surface area (Å²) in [7, 11) is 0. The normalized spacial score (nSPS) is 12.3. The molecule has 0 heterocycles. The van der Waals surface area contributed by atoms with E-state index >= 15 is 0 Å². The number of carbonyl (C=O) groups excluding carboxylic acids is 1. The molecule has 2 N–H and O–H groups in total. The highest BCUT2D eigenvalue weighted by atomic mass is 32.2. The van der Waals surface area contributed by atoms with Crippen LogP contribution in [-0.2, 0) is 16.1 Å². The zero-order chi connectivity index (χ0) is 14.0. The molecule has 0 fully saturated rings. The Kier molecular flexibility index (Phi) is 4.32. The fourth-order valence-corrected chi connectivity index (χ4v) is 1.06. The average molecular weight is 291 g/mol. The van der Waals surface area contributed by atoms with Crippen molar-refractivity contribution in [2.75, 3.05) is 0 Å². The van der Waals surface area contributed by atoms with E-state index < -0.39 is 51.9 Å². The molecule has 0 aromatic heterocycles. The van der Waals surface area contributed by atoms with Gasteiger partial charge in [-0.05, 0) is 4.89 Å². The van der Waals surface area contributed by atoms with Crippen LogP contribution in [0.1, 0.15) is 10.4 Å². The molecular formula is C7H2F5NO4S. The topological polar surface area (TPSA) is 75.6 Å². The number of benzene rings is 1. The summed E-state index contributed by atoms with van der Waals surface area (Å²) in [6.45, 7) is 0. The summed E-state index contributed by atoms with van der Waals surface area (Å²) < 4.78 is 82.0. The number of carbonyl (C=O) groups is 1. The summed E-state index contributed by atoms with van der Waals surface area (Å²) in [6, 6.07) is 0. The summed E-state index contributed by atoms with van der Waals surface area (Å²) in [6.07, 6.45) is 0. The molecule has 5 nitrogen and oxygen atoms in total. The van der Waals surface area contributed by atoms with Gasteiger partial charge in [-0.3, -0.25) is 4.55 Å². The third-order valence-corrected chi connectivity index (χ3v) is 1.85. The van der Waals surface area contributed by atoms with Crippen molar-refractivity contribution in [1.29, 1.82) is 0 Å². The first-order valence-corrected chi connectivity index (χ1v) is 4.97. The van der Waals surface area contributed by atoms with Crippen molar-refractivity contribution in [2.45, 2.75) is 0 Å². The molecular weight excluding hydrogens is 289 g/mol. The van der Waals surface area contributed by atoms with Crippen LogP contribution in [0, 0.1) is 29.1 Å². The number of hydrogen-bond donors (Lipinski definition) is 2. The molecule has 0 bridgehead atoms. The van der Waals surface area contributed by atoms with Gasteiger partial charge in [0.25, 0.3) is 11.3 Å². The lowest BCUT2D eigenvalue weighted by molar-refractivity contribution is 0.0390. The lowest BCUT2D eigenvalue weighted by Crippen LogP contribution is -2.24. The Morgan fingerprint density at radius 1 is 1.00 bits per heavy atom. The first-order chi connectivity index (χ1) is 8.27. The molecule has 100 valence electrons. The van der Waals surface area contributed by atoms with Crippen LogP contribution in [-0.4, -0.2) is 14.7 Å². The lowest BCUT2D eigenvalue weighted by Gasteiger charge is -2.06. The first kappa shape index (κ1) is 14.5. The molecule has 18 heavy (non-hydrogen) atoms. The highest BCUT2D eigenvalue weighted by molar-refractivity contribution is 7.76. The second-order valence-corrected chi connectivity index (χ2v) is 3.33. The predicted octanol–water partition coefficient (Wildman–Crippen LogP) is 1.18. The van der Waals surface area contributed by atoms with Crippen LogP contribution in [0.25, 0.3) is 0 Å². The van der Waals surface area contributed by atoms with Crippen molar-refractivity contribution < 1.29 is 40.3 Å². The van der Waals surface area contributed by atoms with E-state index in [9.17, 15) is 31.0 Å². The van der Waals surface area contributed by atoms with Crippen LogP contribution >= 0.6 is 0 Å². The molecule has 0 spiro atoms. The van der Waals surface area contributed by atoms with Crippen molar-refractivity contribution in [2.24, 2.45) is 0 Å². The maximum atomic E-state index is 13.0. The van der Waals surface area contributed by atoms with Crippen LogP contribution in [0.2, 0.25) is 0 Å². The zero-order valence-electron chi connectivity index (χ0n) is 7.97. The molecule has 1 aromatic rings. The molecule has 1 unspecified atom stereocenters. The SMILES string of the molecule is O=C(ONS(=O)O)c1c(F)c(F)c(F)c(F)c1F. The monoisotopic (exact) mass is 291 g/mol. The third-order valence-electron chi connectivity index (χ3n) is 1.62. The van der Waals surface area contributed by atoms with E-state index in [2.05, 4.69) is 4.84 Å². The first-order valence-electron chi connectivity index (χ1n) is 3.86. The smallest absolute Gasteiger partial charge is 0.351 e. The molecule has 1 aromatic carbocycles. The van der Waals surface area contributed by atoms with Crippen LogP contribution in [0.5, 0.6) is 0 Å². The lowest BCUT2D eigenvalue weighted by atomic mass is 10.1. The summed E-state index contributed by atoms with van der Waals surface area (Å²) in [5, 5.41) is 0. The van der Waals surface area contributed by atoms with Gasteiger partial charge in [-0.15, -0.1) is 0 Å². The summed E-state index contributed by atoms with van der Waals surface area (Å²) in [5.74, 6) is -14.0. The Hall–Kier alpha value is -1.59. The molecule has 0 aliphatic carbocycles. The van der Waals surface area contributed by atoms with E-state index in [4.69, 9.17) is 4.55 Å². The molecule has 0 saturated carbocycles. The largest absolute Gasteiger partial charge is 0.363 e. The Labute approximate surface area is 97.9 Å². The van der Waals surface area contributed by atoms with Gasteiger partial charge in [0.15, 0.2) is 23.3 Å². The number of nitrogens with one attached hydrogen (secondary N) is 1. The second kappa shape index (κ2) is 5.37. The fourth-order valence-electron chi connectivity index (χ4n) is 0.909. The summed E-state index contributed by atoms with van der Waals surface area (Å²) >= 11 is -2.89. The predicted molar refractivity (Wildman–Crippen MR) is 45.6 cm³/mol. The van der Waals surface area contributed by atoms with Crippen molar-refractivity contribution in [3.63, 3.8) is 0 Å². The Bertz CT molecular complexity index is 508. The molecule has 0 radical (unpaired) electrons. The number of rotatable bonds is 3. The molecule has 0 saturated heterocycles. The second-order valence-electron chi connectivity index (χ2n) is 2.67. The molecule has 0 amide bonds. The van der Waals surface area contributed by atoms with Gasteiger partial charge < -0.3 is 4.84 Å². The van der Waals surface area contributed by atoms with E-state index in [1.165, 1.54) is 0 Å². The van der Waals surface area contributed by atoms with Gasteiger partial charge in [-0.2, -0.15) is 0 Å². The molecule has 0 aliphatic rings. The Balaban J connectivity index is 3.24. The number of hydrogen-bond acceptors (Lipinski definition) is 3. The van der Waals surface area contributed by atoms with Gasteiger partial charge in [0.2, 0.25) is 5.82 Å². The summed E-state index contributed by atoms with van der Waals surface area (Å²) in [5.41, 5.74) is -1.88. The van der Waals surface area contributed by atoms with Gasteiger partial charge in [0.1, 0.15) is 5.56 Å². The maximum Gasteiger partial charge on any atom is 0.363 e. The molecule has 1 atom stereocenters. The van der Waals surface area contributed by atoms with Crippen LogP contribution < -0.4 is 4.89 Å². The van der Waals surface area contributed by atoms with Gasteiger partial charge in [-0.1, -0.05) is 0 Å². The van der Waals surface area contributed by atoms with Crippen molar-refractivity contribution in [3.05, 3.63) is 34.6 Å². The Morgan fingerprint density at radius 2 is 1.39 bits per heavy atom. The minimum atomic E-state index is -2.89. The van der Waals surface area contributed by atoms with E-state index in [0.29, 0.717) is 0 Å². The fraction of sp³-hybridized carbons (Fsp3) is 0.